The van der Waals surface area contributed by atoms with Crippen molar-refractivity contribution in [1.82, 2.24) is 4.90 Å². The Morgan fingerprint density at radius 3 is 2.83 bits per heavy atom. The van der Waals surface area contributed by atoms with Gasteiger partial charge in [0.05, 0.1) is 11.5 Å². The number of likely N-dealkylation sites (tertiary alicyclic amines) is 1. The predicted molar refractivity (Wildman–Crippen MR) is 89.5 cm³/mol. The molecule has 4 atom stereocenters. The number of fused-ring (bicyclic) bond motifs is 2. The lowest BCUT2D eigenvalue weighted by Gasteiger charge is -2.71. The van der Waals surface area contributed by atoms with Crippen molar-refractivity contribution in [3.8, 4) is 11.5 Å². The van der Waals surface area contributed by atoms with Gasteiger partial charge in [-0.1, -0.05) is 6.07 Å². The van der Waals surface area contributed by atoms with Crippen LogP contribution in [-0.4, -0.2) is 49.0 Å². The number of aromatic hydroxyl groups is 1. The summed E-state index contributed by atoms with van der Waals surface area (Å²) in [5.74, 6) is 1.70. The molecule has 1 N–H and O–H groups in total. The molecule has 4 nitrogen and oxygen atoms in total. The molecule has 4 fully saturated rings. The molecule has 4 bridgehead atoms. The molecule has 2 spiro atoms. The number of hydrogen-bond acceptors (Lipinski definition) is 4. The largest absolute Gasteiger partial charge is 0.504 e. The van der Waals surface area contributed by atoms with Crippen LogP contribution in [0.25, 0.3) is 0 Å². The Bertz CT molecular complexity index is 739. The zero-order valence-electron chi connectivity index (χ0n) is 14.4. The van der Waals surface area contributed by atoms with E-state index in [-0.39, 0.29) is 23.0 Å². The van der Waals surface area contributed by atoms with Crippen LogP contribution in [-0.2, 0) is 16.6 Å². The Labute approximate surface area is 142 Å². The number of rotatable bonds is 1. The van der Waals surface area contributed by atoms with Gasteiger partial charge < -0.3 is 14.6 Å². The fourth-order valence-electron chi connectivity index (χ4n) is 7.64. The van der Waals surface area contributed by atoms with Crippen LogP contribution in [0.2, 0.25) is 0 Å². The number of benzene rings is 1. The summed E-state index contributed by atoms with van der Waals surface area (Å²) in [7, 11) is 4.14. The van der Waals surface area contributed by atoms with Crippen LogP contribution in [0.15, 0.2) is 12.1 Å². The number of hydrogen-bond donors (Lipinski definition) is 1. The molecule has 2 heterocycles. The van der Waals surface area contributed by atoms with Gasteiger partial charge in [-0.2, -0.15) is 0 Å². The van der Waals surface area contributed by atoms with Crippen molar-refractivity contribution in [2.45, 2.75) is 55.8 Å². The van der Waals surface area contributed by atoms with E-state index in [0.717, 1.165) is 18.7 Å². The van der Waals surface area contributed by atoms with Crippen LogP contribution in [0.1, 0.15) is 36.8 Å². The topological polar surface area (TPSA) is 41.9 Å². The van der Waals surface area contributed by atoms with E-state index in [9.17, 15) is 5.11 Å². The maximum atomic E-state index is 10.5. The van der Waals surface area contributed by atoms with E-state index in [0.29, 0.717) is 17.7 Å². The highest BCUT2D eigenvalue weighted by atomic mass is 16.5. The molecule has 4 heteroatoms. The maximum Gasteiger partial charge on any atom is 0.165 e. The molecule has 1 aromatic carbocycles. The van der Waals surface area contributed by atoms with Gasteiger partial charge in [-0.3, -0.25) is 4.90 Å². The Morgan fingerprint density at radius 1 is 1.29 bits per heavy atom. The molecule has 4 unspecified atom stereocenters. The summed E-state index contributed by atoms with van der Waals surface area (Å²) in [4.78, 5) is 2.55. The van der Waals surface area contributed by atoms with E-state index >= 15 is 0 Å². The van der Waals surface area contributed by atoms with Crippen LogP contribution in [0.3, 0.4) is 0 Å². The second kappa shape index (κ2) is 4.10. The number of phenols is 1. The molecular formula is C20H25NO3. The van der Waals surface area contributed by atoms with Gasteiger partial charge in [0, 0.05) is 30.7 Å². The summed E-state index contributed by atoms with van der Waals surface area (Å²) in [5.41, 5.74) is 2.88. The van der Waals surface area contributed by atoms with E-state index in [2.05, 4.69) is 18.0 Å². The van der Waals surface area contributed by atoms with Gasteiger partial charge >= 0.3 is 0 Å². The minimum atomic E-state index is -0.0538. The van der Waals surface area contributed by atoms with Crippen molar-refractivity contribution >= 4 is 0 Å². The third-order valence-electron chi connectivity index (χ3n) is 8.33. The Morgan fingerprint density at radius 2 is 2.08 bits per heavy atom. The van der Waals surface area contributed by atoms with E-state index in [1.165, 1.54) is 36.8 Å². The van der Waals surface area contributed by atoms with Gasteiger partial charge in [0.15, 0.2) is 11.5 Å². The Hall–Kier alpha value is -1.26. The zero-order chi connectivity index (χ0) is 16.3. The maximum absolute atomic E-state index is 10.5. The number of ether oxygens (including phenoxy) is 2. The molecule has 128 valence electrons. The highest BCUT2D eigenvalue weighted by Crippen LogP contribution is 2.74. The summed E-state index contributed by atoms with van der Waals surface area (Å²) in [6.45, 7) is 0.962. The molecule has 1 aromatic rings. The first-order chi connectivity index (χ1) is 11.6. The minimum Gasteiger partial charge on any atom is -0.504 e. The molecular weight excluding hydrogens is 302 g/mol. The van der Waals surface area contributed by atoms with Crippen molar-refractivity contribution in [1.29, 1.82) is 0 Å². The average molecular weight is 327 g/mol. The Balaban J connectivity index is 1.74. The molecule has 0 aromatic heterocycles. The molecule has 4 aliphatic carbocycles. The Kier molecular flexibility index (Phi) is 2.39. The minimum absolute atomic E-state index is 0.0538. The van der Waals surface area contributed by atoms with Crippen molar-refractivity contribution < 1.29 is 14.6 Å². The first kappa shape index (κ1) is 14.0. The molecule has 3 saturated carbocycles. The van der Waals surface area contributed by atoms with Gasteiger partial charge in [0.25, 0.3) is 0 Å². The summed E-state index contributed by atoms with van der Waals surface area (Å²) in [6.07, 6.45) is 6.49. The predicted octanol–water partition coefficient (Wildman–Crippen LogP) is 2.47. The van der Waals surface area contributed by atoms with Crippen molar-refractivity contribution in [2.24, 2.45) is 11.3 Å². The van der Waals surface area contributed by atoms with Crippen LogP contribution in [0.4, 0.5) is 0 Å². The molecule has 24 heavy (non-hydrogen) atoms. The van der Waals surface area contributed by atoms with Gasteiger partial charge in [-0.15, -0.1) is 0 Å². The van der Waals surface area contributed by atoms with E-state index in [1.807, 2.05) is 13.2 Å². The summed E-state index contributed by atoms with van der Waals surface area (Å²) >= 11 is 0. The van der Waals surface area contributed by atoms with E-state index < -0.39 is 0 Å². The number of phenolic OH excluding ortho intramolecular Hbond substituents is 1. The van der Waals surface area contributed by atoms with Gasteiger partial charge in [0.2, 0.25) is 0 Å². The molecule has 0 amide bonds. The molecule has 0 radical (unpaired) electrons. The lowest BCUT2D eigenvalue weighted by atomic mass is 9.37. The number of piperidine rings is 1. The quantitative estimate of drug-likeness (QED) is 0.860. The zero-order valence-corrected chi connectivity index (χ0v) is 14.4. The molecule has 2 aliphatic heterocycles. The lowest BCUT2D eigenvalue weighted by Crippen LogP contribution is -2.79. The highest BCUT2D eigenvalue weighted by molar-refractivity contribution is 5.63. The van der Waals surface area contributed by atoms with Crippen LogP contribution >= 0.6 is 0 Å². The fraction of sp³-hybridized carbons (Fsp3) is 0.700. The SMILES string of the molecule is COC1CN(C)C2Cc3ccc(O)c4c3C13C(O4)C1CCC23CC1. The third-order valence-corrected chi connectivity index (χ3v) is 8.33. The van der Waals surface area contributed by atoms with Gasteiger partial charge in [0.1, 0.15) is 6.10 Å². The molecule has 7 rings (SSSR count). The average Bonchev–Trinajstić information content (AvgIpc) is 2.98. The summed E-state index contributed by atoms with van der Waals surface area (Å²) in [5, 5.41) is 10.5. The van der Waals surface area contributed by atoms with Crippen LogP contribution in [0, 0.1) is 11.3 Å². The number of methoxy groups -OCH3 is 1. The van der Waals surface area contributed by atoms with Crippen molar-refractivity contribution in [3.63, 3.8) is 0 Å². The monoisotopic (exact) mass is 327 g/mol. The van der Waals surface area contributed by atoms with Crippen molar-refractivity contribution in [2.75, 3.05) is 20.7 Å². The fourth-order valence-corrected chi connectivity index (χ4v) is 7.64. The van der Waals surface area contributed by atoms with E-state index in [4.69, 9.17) is 9.47 Å². The van der Waals surface area contributed by atoms with Crippen molar-refractivity contribution in [3.05, 3.63) is 23.3 Å². The number of likely N-dealkylation sites (N-methyl/N-ethyl adjacent to an activating group) is 1. The normalized spacial score (nSPS) is 47.4. The highest BCUT2D eigenvalue weighted by Gasteiger charge is 2.77. The van der Waals surface area contributed by atoms with E-state index in [1.54, 1.807) is 0 Å². The smallest absolute Gasteiger partial charge is 0.165 e. The first-order valence-electron chi connectivity index (χ1n) is 9.38. The number of nitrogens with zero attached hydrogens (tertiary/aromatic N) is 1. The lowest BCUT2D eigenvalue weighted by molar-refractivity contribution is -0.225. The first-order valence-corrected chi connectivity index (χ1v) is 9.38. The standard InChI is InChI=1S/C20H25NO3/c1-21-10-15(23-2)20-16-12-3-4-13(22)17(16)24-18(20)11-5-7-19(20,8-6-11)14(21)9-12/h3-4,11,14-15,18,22H,5-10H2,1-2H3. The van der Waals surface area contributed by atoms with Crippen LogP contribution in [0.5, 0.6) is 11.5 Å². The second-order valence-electron chi connectivity index (χ2n) is 8.73. The molecule has 6 aliphatic rings. The summed E-state index contributed by atoms with van der Waals surface area (Å²) in [6, 6.07) is 4.54. The third kappa shape index (κ3) is 1.18. The summed E-state index contributed by atoms with van der Waals surface area (Å²) < 4.78 is 12.7. The van der Waals surface area contributed by atoms with Gasteiger partial charge in [-0.05, 0) is 56.7 Å². The van der Waals surface area contributed by atoms with Gasteiger partial charge in [-0.25, -0.2) is 0 Å². The van der Waals surface area contributed by atoms with Crippen LogP contribution < -0.4 is 4.74 Å². The second-order valence-corrected chi connectivity index (χ2v) is 8.73. The molecule has 1 saturated heterocycles.